The van der Waals surface area contributed by atoms with E-state index in [1.165, 1.54) is 108 Å². The van der Waals surface area contributed by atoms with E-state index >= 15 is 0 Å². The van der Waals surface area contributed by atoms with E-state index in [4.69, 9.17) is 40.2 Å². The van der Waals surface area contributed by atoms with Gasteiger partial charge in [-0.05, 0) is 168 Å². The second-order valence-electron chi connectivity index (χ2n) is 33.0. The van der Waals surface area contributed by atoms with Crippen LogP contribution in [0.25, 0.3) is 177 Å². The van der Waals surface area contributed by atoms with Crippen molar-refractivity contribution in [3.05, 3.63) is 520 Å². The van der Waals surface area contributed by atoms with Crippen LogP contribution in [0.4, 0.5) is 0 Å². The minimum atomic E-state index is -0.125. The topological polar surface area (TPSA) is 215 Å². The molecule has 0 aliphatic carbocycles. The van der Waals surface area contributed by atoms with Crippen LogP contribution in [0, 0.1) is 56.3 Å². The Hall–Kier alpha value is -15.3. The number of benzene rings is 15. The predicted octanol–water partition coefficient (Wildman–Crippen LogP) is 31.3. The number of hydrogen-bond donors (Lipinski definition) is 3. The SMILES string of the molecule is CC(=O)C=C(C)O.CC(=O)C=C(C)O.CC(=O)C=C(C)O.Cc1[c-]c(-c2ccc3ccccc3n2)cc(C)c1.[Ir].[Ir].[Ir].[Ir].[Ir].[c-]1cc2ccccc2cc1-c1ccc2ccccc2n1.[c-]1cc2ccccc2cc1-c1ccc2ccccc2n1.[c-]1ccc2cccnc2c1-c1ccc2ccccc2n1.[c-]1ccccc1-c1ccccn1.[c-]1ccccc1-c1ccccn1.[c-]1ccccc1-c1nc2ccccc2c2ccccc12. The molecule has 0 atom stereocenters. The Bertz CT molecular complexity index is 7810. The maximum atomic E-state index is 10.0. The summed E-state index contributed by atoms with van der Waals surface area (Å²) in [6, 6.07) is 161. The third kappa shape index (κ3) is 34.7. The van der Waals surface area contributed by atoms with Gasteiger partial charge in [0.1, 0.15) is 0 Å². The second-order valence-corrected chi connectivity index (χ2v) is 33.0. The maximum absolute atomic E-state index is 10.0. The summed E-state index contributed by atoms with van der Waals surface area (Å²) < 4.78 is 0. The Labute approximate surface area is 931 Å². The number of allylic oxidation sites excluding steroid dienone is 6. The minimum Gasteiger partial charge on any atom is -0.512 e. The first-order valence-electron chi connectivity index (χ1n) is 46.3. The zero-order chi connectivity index (χ0) is 100. The van der Waals surface area contributed by atoms with Crippen molar-refractivity contribution in [2.24, 2.45) is 0 Å². The van der Waals surface area contributed by atoms with Gasteiger partial charge < -0.3 is 30.3 Å². The number of ketones is 3. The maximum Gasteiger partial charge on any atom is 0.155 e. The summed E-state index contributed by atoms with van der Waals surface area (Å²) in [6.45, 7) is 12.7. The molecule has 148 heavy (non-hydrogen) atoms. The van der Waals surface area contributed by atoms with Crippen LogP contribution in [0.5, 0.6) is 0 Å². The average Bonchev–Trinajstić information content (AvgIpc) is 0.758. The summed E-state index contributed by atoms with van der Waals surface area (Å²) in [5.74, 6) is -0.187. The van der Waals surface area contributed by atoms with E-state index in [1.807, 2.05) is 231 Å². The van der Waals surface area contributed by atoms with Crippen LogP contribution in [0.2, 0.25) is 0 Å². The number of aromatic nitrogens is 8. The van der Waals surface area contributed by atoms with Crippen molar-refractivity contribution in [1.29, 1.82) is 0 Å². The van der Waals surface area contributed by atoms with Crippen LogP contribution in [-0.2, 0) is 115 Å². The number of para-hydroxylation sites is 5. The van der Waals surface area contributed by atoms with Crippen molar-refractivity contribution < 1.29 is 130 Å². The van der Waals surface area contributed by atoms with E-state index in [1.54, 1.807) is 18.6 Å². The molecule has 8 aromatic heterocycles. The average molecular weight is 2820 g/mol. The molecule has 14 nitrogen and oxygen atoms in total. The van der Waals surface area contributed by atoms with Crippen LogP contribution < -0.4 is 0 Å². The van der Waals surface area contributed by atoms with Crippen molar-refractivity contribution in [3.8, 4) is 78.8 Å². The van der Waals surface area contributed by atoms with Crippen LogP contribution in [-0.4, -0.2) is 72.5 Å². The molecule has 0 fully saturated rings. The van der Waals surface area contributed by atoms with Crippen molar-refractivity contribution in [2.45, 2.75) is 55.4 Å². The summed E-state index contributed by atoms with van der Waals surface area (Å²) in [4.78, 5) is 66.7. The Morgan fingerprint density at radius 2 is 0.595 bits per heavy atom. The molecule has 0 saturated carbocycles. The van der Waals surface area contributed by atoms with E-state index in [-0.39, 0.29) is 135 Å². The Morgan fingerprint density at radius 1 is 0.250 bits per heavy atom. The van der Waals surface area contributed by atoms with Gasteiger partial charge in [-0.1, -0.05) is 278 Å². The molecule has 23 rings (SSSR count). The smallest absolute Gasteiger partial charge is 0.155 e. The zero-order valence-corrected chi connectivity index (χ0v) is 94.0. The Balaban J connectivity index is 0.000000186. The van der Waals surface area contributed by atoms with E-state index in [9.17, 15) is 14.4 Å². The van der Waals surface area contributed by atoms with E-state index < -0.39 is 0 Å². The molecule has 8 heterocycles. The third-order valence-corrected chi connectivity index (χ3v) is 21.7. The van der Waals surface area contributed by atoms with Gasteiger partial charge in [0.2, 0.25) is 0 Å². The molecule has 3 N–H and O–H groups in total. The zero-order valence-electron chi connectivity index (χ0n) is 82.0. The molecule has 0 saturated heterocycles. The van der Waals surface area contributed by atoms with Crippen LogP contribution >= 0.6 is 0 Å². The molecule has 19 heteroatoms. The molecular weight excluding hydrogens is 2720 g/mol. The number of aliphatic hydroxyl groups excluding tert-OH is 3. The fourth-order valence-corrected chi connectivity index (χ4v) is 15.4. The largest absolute Gasteiger partial charge is 0.512 e. The molecular formula is C129H101Ir5N8O6-7. The standard InChI is InChI=1S/3C19H12N.C18H11N2.C17H14N.2C11H8N.3C5H8O2.5Ir/c2*1-2-7-16-13-17(10-9-14(16)5-1)19-12-11-15-6-3-4-8-18(15)20-19;1-2-8-14(9-3-1)19-17-12-5-4-10-15(17)16-11-6-7-13-18(16)20-19;1-2-9-16-13(5-1)10-11-17(20-16)15-8-3-6-14-7-4-12-19-18(14)15;1-12-9-13(2)11-15(10-12)17-8-7-14-5-3-4-6-16(14)18-17;2*1-2-6-10(7-3-1)11-8-4-5-9-12-11;3*1-4(6)3-5(2)7;;;;;/h2*1-9,11-13H;1-8,10-13H;1-7,9-12H;3-10H,1-2H3;2*1-6,8-9H;3*3,6H,1-2H3;;;;;/q7*-1;;;;;;;;. The molecule has 745 valence electrons. The number of pyridine rings is 8. The van der Waals surface area contributed by atoms with Gasteiger partial charge in [-0.3, -0.25) is 39.3 Å². The first-order chi connectivity index (χ1) is 69.7. The van der Waals surface area contributed by atoms with Gasteiger partial charge in [0.05, 0.1) is 44.9 Å². The molecule has 15 aromatic carbocycles. The van der Waals surface area contributed by atoms with Gasteiger partial charge in [0, 0.05) is 143 Å². The van der Waals surface area contributed by atoms with Gasteiger partial charge in [-0.2, -0.15) is 0 Å². The molecule has 0 spiro atoms. The van der Waals surface area contributed by atoms with Crippen molar-refractivity contribution in [3.63, 3.8) is 0 Å². The minimum absolute atomic E-state index is 0. The fraction of sp³-hybridized carbons (Fsp3) is 0.0620. The van der Waals surface area contributed by atoms with E-state index in [0.717, 1.165) is 139 Å². The van der Waals surface area contributed by atoms with Crippen molar-refractivity contribution in [1.82, 2.24) is 39.9 Å². The van der Waals surface area contributed by atoms with E-state index in [2.05, 4.69) is 253 Å². The van der Waals surface area contributed by atoms with E-state index in [0.29, 0.717) is 0 Å². The number of aliphatic hydroxyl groups is 3. The first-order valence-corrected chi connectivity index (χ1v) is 46.3. The molecule has 0 amide bonds. The third-order valence-electron chi connectivity index (χ3n) is 21.7. The van der Waals surface area contributed by atoms with Crippen molar-refractivity contribution >= 4 is 115 Å². The van der Waals surface area contributed by atoms with Gasteiger partial charge in [0.15, 0.2) is 17.3 Å². The van der Waals surface area contributed by atoms with Crippen LogP contribution in [0.1, 0.15) is 52.7 Å². The molecule has 0 aliphatic rings. The Morgan fingerprint density at radius 3 is 0.986 bits per heavy atom. The number of aryl methyl sites for hydroxylation is 2. The number of hydrogen-bond acceptors (Lipinski definition) is 14. The summed E-state index contributed by atoms with van der Waals surface area (Å²) >= 11 is 0. The number of rotatable bonds is 10. The monoisotopic (exact) mass is 2820 g/mol. The number of nitrogens with zero attached hydrogens (tertiary/aromatic N) is 8. The summed E-state index contributed by atoms with van der Waals surface area (Å²) in [7, 11) is 0. The normalized spacial score (nSPS) is 10.4. The number of carbonyl (C=O) groups is 3. The summed E-state index contributed by atoms with van der Waals surface area (Å²) in [6.07, 6.45) is 8.88. The van der Waals surface area contributed by atoms with Gasteiger partial charge in [0.25, 0.3) is 0 Å². The number of fused-ring (bicyclic) bond motifs is 10. The first kappa shape index (κ1) is 116. The van der Waals surface area contributed by atoms with Crippen LogP contribution in [0.3, 0.4) is 0 Å². The fourth-order valence-electron chi connectivity index (χ4n) is 15.4. The van der Waals surface area contributed by atoms with Gasteiger partial charge >= 0.3 is 0 Å². The van der Waals surface area contributed by atoms with Gasteiger partial charge in [-0.25, -0.2) is 0 Å². The molecule has 23 aromatic rings. The van der Waals surface area contributed by atoms with Gasteiger partial charge in [-0.15, -0.1) is 219 Å². The summed E-state index contributed by atoms with van der Waals surface area (Å²) in [5, 5.41) is 39.3. The van der Waals surface area contributed by atoms with Crippen LogP contribution in [0.15, 0.2) is 467 Å². The Kier molecular flexibility index (Phi) is 47.1. The molecule has 0 unspecified atom stereocenters. The summed E-state index contributed by atoms with van der Waals surface area (Å²) in [5.41, 5.74) is 22.4. The molecule has 0 aliphatic heterocycles. The quantitative estimate of drug-likeness (QED) is 0.0503. The molecule has 0 bridgehead atoms. The predicted molar refractivity (Wildman–Crippen MR) is 586 cm³/mol. The van der Waals surface area contributed by atoms with Crippen molar-refractivity contribution in [2.75, 3.05) is 0 Å². The number of carbonyl (C=O) groups excluding carboxylic acids is 3. The second kappa shape index (κ2) is 60.0. The molecule has 5 radical (unpaired) electrons.